The van der Waals surface area contributed by atoms with Crippen molar-refractivity contribution in [3.63, 3.8) is 0 Å². The molecule has 1 heterocycles. The number of rotatable bonds is 6. The van der Waals surface area contributed by atoms with E-state index in [0.29, 0.717) is 18.1 Å². The van der Waals surface area contributed by atoms with Crippen LogP contribution in [-0.4, -0.2) is 37.0 Å². The van der Waals surface area contributed by atoms with Crippen LogP contribution in [0.2, 0.25) is 5.02 Å². The maximum atomic E-state index is 12.2. The van der Waals surface area contributed by atoms with Crippen molar-refractivity contribution in [3.8, 4) is 11.5 Å². The molecule has 154 valence electrons. The summed E-state index contributed by atoms with van der Waals surface area (Å²) in [5, 5.41) is 15.6. The number of phenolic OH excluding ortho intramolecular Hbond substituents is 1. The van der Waals surface area contributed by atoms with Gasteiger partial charge in [-0.3, -0.25) is 4.79 Å². The predicted octanol–water partition coefficient (Wildman–Crippen LogP) is 4.38. The largest absolute Gasteiger partial charge is 0.506 e. The molecule has 4 rings (SSSR count). The number of carbonyl (C=O) groups excluding carboxylic acids is 1. The van der Waals surface area contributed by atoms with Crippen LogP contribution in [0.4, 0.5) is 0 Å². The minimum atomic E-state index is -0.420. The van der Waals surface area contributed by atoms with Crippen molar-refractivity contribution in [2.24, 2.45) is 11.0 Å². The zero-order valence-electron chi connectivity index (χ0n) is 16.2. The minimum Gasteiger partial charge on any atom is -0.506 e. The summed E-state index contributed by atoms with van der Waals surface area (Å²) in [5.41, 5.74) is 3.64. The highest BCUT2D eigenvalue weighted by atomic mass is 35.5. The van der Waals surface area contributed by atoms with Gasteiger partial charge >= 0.3 is 0 Å². The molecule has 0 radical (unpaired) electrons. The van der Waals surface area contributed by atoms with Gasteiger partial charge in [-0.15, -0.1) is 0 Å². The SMILES string of the molecule is O=C(N/N=C/c1ccc(OCC2CCOC2)c2ccccc12)c1ccc(O)c(Cl)c1. The maximum absolute atomic E-state index is 12.2. The van der Waals surface area contributed by atoms with Crippen LogP contribution in [0.1, 0.15) is 22.3 Å². The fourth-order valence-electron chi connectivity index (χ4n) is 3.33. The van der Waals surface area contributed by atoms with E-state index in [1.54, 1.807) is 6.21 Å². The summed E-state index contributed by atoms with van der Waals surface area (Å²) < 4.78 is 11.5. The lowest BCUT2D eigenvalue weighted by Gasteiger charge is -2.13. The Morgan fingerprint density at radius 3 is 2.83 bits per heavy atom. The summed E-state index contributed by atoms with van der Waals surface area (Å²) in [7, 11) is 0. The van der Waals surface area contributed by atoms with E-state index in [2.05, 4.69) is 10.5 Å². The first-order chi connectivity index (χ1) is 14.6. The van der Waals surface area contributed by atoms with E-state index < -0.39 is 5.91 Å². The molecule has 1 unspecified atom stereocenters. The van der Waals surface area contributed by atoms with Crippen LogP contribution in [0.5, 0.6) is 11.5 Å². The number of nitrogens with zero attached hydrogens (tertiary/aromatic N) is 1. The van der Waals surface area contributed by atoms with Crippen LogP contribution in [0, 0.1) is 5.92 Å². The molecule has 1 amide bonds. The Hall–Kier alpha value is -3.09. The van der Waals surface area contributed by atoms with E-state index in [0.717, 1.165) is 41.7 Å². The lowest BCUT2D eigenvalue weighted by atomic mass is 10.0. The number of nitrogens with one attached hydrogen (secondary N) is 1. The van der Waals surface area contributed by atoms with Gasteiger partial charge in [0.1, 0.15) is 11.5 Å². The predicted molar refractivity (Wildman–Crippen MR) is 117 cm³/mol. The van der Waals surface area contributed by atoms with E-state index in [1.807, 2.05) is 36.4 Å². The molecular weight excluding hydrogens is 404 g/mol. The van der Waals surface area contributed by atoms with Crippen molar-refractivity contribution < 1.29 is 19.4 Å². The second-order valence-corrected chi connectivity index (χ2v) is 7.51. The molecule has 0 aromatic heterocycles. The summed E-state index contributed by atoms with van der Waals surface area (Å²) in [4.78, 5) is 12.2. The summed E-state index contributed by atoms with van der Waals surface area (Å²) in [6, 6.07) is 16.0. The number of phenols is 1. The quantitative estimate of drug-likeness (QED) is 0.454. The van der Waals surface area contributed by atoms with E-state index in [-0.39, 0.29) is 10.8 Å². The van der Waals surface area contributed by atoms with Crippen molar-refractivity contribution in [1.82, 2.24) is 5.43 Å². The molecule has 6 nitrogen and oxygen atoms in total. The summed E-state index contributed by atoms with van der Waals surface area (Å²) in [6.07, 6.45) is 2.62. The van der Waals surface area contributed by atoms with Gasteiger partial charge in [-0.05, 0) is 42.1 Å². The first kappa shape index (κ1) is 20.2. The molecule has 1 aliphatic heterocycles. The summed E-state index contributed by atoms with van der Waals surface area (Å²) in [5.74, 6) is 0.744. The molecule has 30 heavy (non-hydrogen) atoms. The van der Waals surface area contributed by atoms with E-state index in [9.17, 15) is 9.90 Å². The van der Waals surface area contributed by atoms with Gasteiger partial charge in [-0.1, -0.05) is 35.9 Å². The van der Waals surface area contributed by atoms with Crippen LogP contribution >= 0.6 is 11.6 Å². The lowest BCUT2D eigenvalue weighted by molar-refractivity contribution is 0.0955. The molecule has 0 aliphatic carbocycles. The average Bonchev–Trinajstić information content (AvgIpc) is 3.28. The number of hydrogen-bond acceptors (Lipinski definition) is 5. The third-order valence-electron chi connectivity index (χ3n) is 5.00. The highest BCUT2D eigenvalue weighted by molar-refractivity contribution is 6.32. The fraction of sp³-hybridized carbons (Fsp3) is 0.217. The Labute approximate surface area is 179 Å². The number of fused-ring (bicyclic) bond motifs is 1. The Kier molecular flexibility index (Phi) is 6.16. The third kappa shape index (κ3) is 4.56. The molecule has 0 bridgehead atoms. The van der Waals surface area contributed by atoms with Gasteiger partial charge in [0, 0.05) is 29.0 Å². The second-order valence-electron chi connectivity index (χ2n) is 7.10. The number of carbonyl (C=O) groups is 1. The molecular formula is C23H21ClN2O4. The third-order valence-corrected chi connectivity index (χ3v) is 5.30. The van der Waals surface area contributed by atoms with Crippen molar-refractivity contribution in [3.05, 3.63) is 70.7 Å². The molecule has 3 aromatic rings. The number of hydrazone groups is 1. The molecule has 1 saturated heterocycles. The van der Waals surface area contributed by atoms with Crippen molar-refractivity contribution in [2.75, 3.05) is 19.8 Å². The zero-order chi connectivity index (χ0) is 20.9. The van der Waals surface area contributed by atoms with Gasteiger partial charge < -0.3 is 14.6 Å². The first-order valence-electron chi connectivity index (χ1n) is 9.66. The van der Waals surface area contributed by atoms with E-state index >= 15 is 0 Å². The Morgan fingerprint density at radius 2 is 2.07 bits per heavy atom. The van der Waals surface area contributed by atoms with Crippen molar-refractivity contribution in [1.29, 1.82) is 0 Å². The van der Waals surface area contributed by atoms with Gasteiger partial charge in [0.05, 0.1) is 24.5 Å². The van der Waals surface area contributed by atoms with Gasteiger partial charge in [-0.2, -0.15) is 5.10 Å². The molecule has 0 spiro atoms. The fourth-order valence-corrected chi connectivity index (χ4v) is 3.51. The summed E-state index contributed by atoms with van der Waals surface area (Å²) in [6.45, 7) is 2.17. The number of aromatic hydroxyl groups is 1. The van der Waals surface area contributed by atoms with Crippen LogP contribution in [-0.2, 0) is 4.74 Å². The molecule has 7 heteroatoms. The van der Waals surface area contributed by atoms with Crippen LogP contribution in [0.3, 0.4) is 0 Å². The van der Waals surface area contributed by atoms with Crippen LogP contribution in [0.25, 0.3) is 10.8 Å². The number of halogens is 1. The Bertz CT molecular complexity index is 1090. The zero-order valence-corrected chi connectivity index (χ0v) is 16.9. The average molecular weight is 425 g/mol. The molecule has 0 saturated carbocycles. The van der Waals surface area contributed by atoms with Gasteiger partial charge in [0.2, 0.25) is 0 Å². The number of amides is 1. The second kappa shape index (κ2) is 9.15. The van der Waals surface area contributed by atoms with Crippen LogP contribution < -0.4 is 10.2 Å². The first-order valence-corrected chi connectivity index (χ1v) is 10.0. The van der Waals surface area contributed by atoms with E-state index in [1.165, 1.54) is 18.2 Å². The molecule has 1 fully saturated rings. The van der Waals surface area contributed by atoms with E-state index in [4.69, 9.17) is 21.1 Å². The number of benzene rings is 3. The monoisotopic (exact) mass is 424 g/mol. The van der Waals surface area contributed by atoms with Gasteiger partial charge in [0.25, 0.3) is 5.91 Å². The highest BCUT2D eigenvalue weighted by Crippen LogP contribution is 2.29. The molecule has 1 aliphatic rings. The van der Waals surface area contributed by atoms with Crippen molar-refractivity contribution in [2.45, 2.75) is 6.42 Å². The lowest BCUT2D eigenvalue weighted by Crippen LogP contribution is -2.17. The molecule has 3 aromatic carbocycles. The van der Waals surface area contributed by atoms with Gasteiger partial charge in [0.15, 0.2) is 0 Å². The normalized spacial score (nSPS) is 16.2. The smallest absolute Gasteiger partial charge is 0.271 e. The van der Waals surface area contributed by atoms with Crippen LogP contribution in [0.15, 0.2) is 59.7 Å². The highest BCUT2D eigenvalue weighted by Gasteiger charge is 2.17. The Morgan fingerprint density at radius 1 is 1.23 bits per heavy atom. The molecule has 2 N–H and O–H groups in total. The topological polar surface area (TPSA) is 80.2 Å². The standard InChI is InChI=1S/C23H21ClN2O4/c24-20-11-16(5-7-21(20)27)23(28)26-25-12-17-6-8-22(19-4-2-1-3-18(17)19)30-14-15-9-10-29-13-15/h1-8,11-12,15,27H,9-10,13-14H2,(H,26,28)/b25-12+. The minimum absolute atomic E-state index is 0.0778. The van der Waals surface area contributed by atoms with Crippen molar-refractivity contribution >= 4 is 34.5 Å². The molecule has 1 atom stereocenters. The maximum Gasteiger partial charge on any atom is 0.271 e. The number of ether oxygens (including phenoxy) is 2. The summed E-state index contributed by atoms with van der Waals surface area (Å²) >= 11 is 5.85. The number of hydrogen-bond donors (Lipinski definition) is 2. The van der Waals surface area contributed by atoms with Gasteiger partial charge in [-0.25, -0.2) is 5.43 Å². The Balaban J connectivity index is 1.49.